The van der Waals surface area contributed by atoms with Crippen molar-refractivity contribution >= 4 is 17.6 Å². The minimum Gasteiger partial charge on any atom is -0.491 e. The summed E-state index contributed by atoms with van der Waals surface area (Å²) in [7, 11) is 2.02. The van der Waals surface area contributed by atoms with Gasteiger partial charge in [0.15, 0.2) is 0 Å². The highest BCUT2D eigenvalue weighted by Crippen LogP contribution is 2.25. The molecule has 0 spiro atoms. The van der Waals surface area contributed by atoms with E-state index in [1.165, 1.54) is 12.1 Å². The number of hydrogen-bond acceptors (Lipinski definition) is 3. The Bertz CT molecular complexity index is 421. The lowest BCUT2D eigenvalue weighted by molar-refractivity contribution is 0.0697. The summed E-state index contributed by atoms with van der Waals surface area (Å²) >= 11 is 5.95. The molecule has 1 aromatic carbocycles. The summed E-state index contributed by atoms with van der Waals surface area (Å²) in [5.41, 5.74) is 0.159. The second kappa shape index (κ2) is 6.61. The van der Waals surface area contributed by atoms with Gasteiger partial charge in [0.25, 0.3) is 0 Å². The lowest BCUT2D eigenvalue weighted by Crippen LogP contribution is -2.30. The van der Waals surface area contributed by atoms with Crippen molar-refractivity contribution in [1.82, 2.24) is 4.90 Å². The van der Waals surface area contributed by atoms with E-state index >= 15 is 0 Å². The van der Waals surface area contributed by atoms with Crippen LogP contribution in [0.25, 0.3) is 0 Å². The maximum absolute atomic E-state index is 10.7. The molecule has 0 saturated heterocycles. The molecule has 0 heterocycles. The number of aromatic carboxylic acids is 1. The third-order valence-electron chi connectivity index (χ3n) is 2.76. The highest BCUT2D eigenvalue weighted by atomic mass is 35.5. The topological polar surface area (TPSA) is 49.8 Å². The van der Waals surface area contributed by atoms with Gasteiger partial charge in [0.05, 0.1) is 10.6 Å². The first-order chi connectivity index (χ1) is 8.41. The van der Waals surface area contributed by atoms with Gasteiger partial charge in [-0.2, -0.15) is 0 Å². The Balaban J connectivity index is 2.56. The summed E-state index contributed by atoms with van der Waals surface area (Å²) in [6, 6.07) is 4.92. The van der Waals surface area contributed by atoms with E-state index < -0.39 is 5.97 Å². The van der Waals surface area contributed by atoms with Crippen molar-refractivity contribution in [2.24, 2.45) is 0 Å². The van der Waals surface area contributed by atoms with Gasteiger partial charge in [0, 0.05) is 12.6 Å². The van der Waals surface area contributed by atoms with Crippen LogP contribution in [0.1, 0.15) is 24.2 Å². The highest BCUT2D eigenvalue weighted by molar-refractivity contribution is 6.32. The van der Waals surface area contributed by atoms with Crippen LogP contribution in [0, 0.1) is 0 Å². The summed E-state index contributed by atoms with van der Waals surface area (Å²) in [4.78, 5) is 12.9. The molecule has 0 fully saturated rings. The second-order valence-electron chi connectivity index (χ2n) is 4.37. The van der Waals surface area contributed by atoms with Gasteiger partial charge in [-0.15, -0.1) is 0 Å². The summed E-state index contributed by atoms with van der Waals surface area (Å²) in [6.45, 7) is 5.51. The molecule has 100 valence electrons. The molecular formula is C13H18ClNO3. The van der Waals surface area contributed by atoms with E-state index in [2.05, 4.69) is 18.7 Å². The number of likely N-dealkylation sites (N-methyl/N-ethyl adjacent to an activating group) is 1. The summed E-state index contributed by atoms with van der Waals surface area (Å²) < 4.78 is 5.53. The molecule has 5 heteroatoms. The lowest BCUT2D eigenvalue weighted by atomic mass is 10.2. The number of halogens is 1. The van der Waals surface area contributed by atoms with Crippen LogP contribution in [0.2, 0.25) is 5.02 Å². The Hall–Kier alpha value is -1.26. The van der Waals surface area contributed by atoms with Gasteiger partial charge >= 0.3 is 5.97 Å². The van der Waals surface area contributed by atoms with Gasteiger partial charge in [0.1, 0.15) is 12.4 Å². The minimum absolute atomic E-state index is 0.159. The quantitative estimate of drug-likeness (QED) is 0.864. The zero-order valence-electron chi connectivity index (χ0n) is 10.8. The molecule has 0 unspecified atom stereocenters. The third kappa shape index (κ3) is 4.20. The summed E-state index contributed by atoms with van der Waals surface area (Å²) in [5.74, 6) is -0.484. The maximum atomic E-state index is 10.7. The molecular weight excluding hydrogens is 254 g/mol. The average Bonchev–Trinajstić information content (AvgIpc) is 2.30. The Morgan fingerprint density at radius 3 is 2.67 bits per heavy atom. The summed E-state index contributed by atoms with van der Waals surface area (Å²) in [5, 5.41) is 9.13. The first-order valence-electron chi connectivity index (χ1n) is 5.77. The molecule has 1 N–H and O–H groups in total. The van der Waals surface area contributed by atoms with Crippen molar-refractivity contribution in [2.45, 2.75) is 19.9 Å². The van der Waals surface area contributed by atoms with Crippen LogP contribution < -0.4 is 4.74 Å². The molecule has 0 aliphatic heterocycles. The Morgan fingerprint density at radius 1 is 1.50 bits per heavy atom. The molecule has 4 nitrogen and oxygen atoms in total. The fourth-order valence-electron chi connectivity index (χ4n) is 1.31. The van der Waals surface area contributed by atoms with Crippen LogP contribution in [-0.2, 0) is 0 Å². The van der Waals surface area contributed by atoms with Crippen molar-refractivity contribution in [2.75, 3.05) is 20.2 Å². The fourth-order valence-corrected chi connectivity index (χ4v) is 1.54. The zero-order chi connectivity index (χ0) is 13.7. The normalized spacial score (nSPS) is 11.0. The van der Waals surface area contributed by atoms with E-state index in [-0.39, 0.29) is 5.56 Å². The van der Waals surface area contributed by atoms with Gasteiger partial charge in [-0.25, -0.2) is 4.79 Å². The average molecular weight is 272 g/mol. The fraction of sp³-hybridized carbons (Fsp3) is 0.462. The van der Waals surface area contributed by atoms with E-state index in [0.29, 0.717) is 23.4 Å². The number of carbonyl (C=O) groups is 1. The predicted molar refractivity (Wildman–Crippen MR) is 71.7 cm³/mol. The first kappa shape index (κ1) is 14.8. The lowest BCUT2D eigenvalue weighted by Gasteiger charge is -2.21. The van der Waals surface area contributed by atoms with Crippen LogP contribution in [0.5, 0.6) is 5.75 Å². The van der Waals surface area contributed by atoms with Crippen LogP contribution >= 0.6 is 11.6 Å². The van der Waals surface area contributed by atoms with Gasteiger partial charge in [-0.05, 0) is 39.1 Å². The number of ether oxygens (including phenoxy) is 1. The van der Waals surface area contributed by atoms with Crippen LogP contribution in [0.15, 0.2) is 18.2 Å². The smallest absolute Gasteiger partial charge is 0.335 e. The molecule has 0 aliphatic carbocycles. The molecule has 0 aliphatic rings. The standard InChI is InChI=1S/C13H18ClNO3/c1-9(2)15(3)6-7-18-12-5-4-10(13(16)17)8-11(12)14/h4-5,8-9H,6-7H2,1-3H3,(H,16,17). The summed E-state index contributed by atoms with van der Waals surface area (Å²) in [6.07, 6.45) is 0. The van der Waals surface area contributed by atoms with Crippen molar-refractivity contribution in [3.63, 3.8) is 0 Å². The predicted octanol–water partition coefficient (Wildman–Crippen LogP) is 2.76. The highest BCUT2D eigenvalue weighted by Gasteiger charge is 2.08. The van der Waals surface area contributed by atoms with E-state index in [0.717, 1.165) is 6.54 Å². The third-order valence-corrected chi connectivity index (χ3v) is 3.06. The zero-order valence-corrected chi connectivity index (χ0v) is 11.6. The Morgan fingerprint density at radius 2 is 2.17 bits per heavy atom. The number of carboxylic acid groups (broad SMARTS) is 1. The Labute approximate surface area is 112 Å². The molecule has 1 aromatic rings. The molecule has 0 radical (unpaired) electrons. The number of carboxylic acids is 1. The molecule has 18 heavy (non-hydrogen) atoms. The molecule has 1 rings (SSSR count). The molecule has 0 saturated carbocycles. The van der Waals surface area contributed by atoms with Crippen LogP contribution in [-0.4, -0.2) is 42.2 Å². The van der Waals surface area contributed by atoms with Crippen LogP contribution in [0.4, 0.5) is 0 Å². The second-order valence-corrected chi connectivity index (χ2v) is 4.78. The maximum Gasteiger partial charge on any atom is 0.335 e. The van der Waals surface area contributed by atoms with Gasteiger partial charge in [0.2, 0.25) is 0 Å². The van der Waals surface area contributed by atoms with E-state index in [9.17, 15) is 4.79 Å². The van der Waals surface area contributed by atoms with E-state index in [1.54, 1.807) is 6.07 Å². The van der Waals surface area contributed by atoms with E-state index in [4.69, 9.17) is 21.4 Å². The Kier molecular flexibility index (Phi) is 5.44. The van der Waals surface area contributed by atoms with Crippen molar-refractivity contribution < 1.29 is 14.6 Å². The largest absolute Gasteiger partial charge is 0.491 e. The van der Waals surface area contributed by atoms with Gasteiger partial charge in [-0.3, -0.25) is 0 Å². The van der Waals surface area contributed by atoms with Crippen molar-refractivity contribution in [1.29, 1.82) is 0 Å². The minimum atomic E-state index is -0.997. The van der Waals surface area contributed by atoms with Gasteiger partial charge in [-0.1, -0.05) is 11.6 Å². The molecule has 0 atom stereocenters. The number of nitrogens with zero attached hydrogens (tertiary/aromatic N) is 1. The molecule has 0 aromatic heterocycles. The van der Waals surface area contributed by atoms with Crippen molar-refractivity contribution in [3.8, 4) is 5.75 Å². The number of hydrogen-bond donors (Lipinski definition) is 1. The number of rotatable bonds is 6. The SMILES string of the molecule is CC(C)N(C)CCOc1ccc(C(=O)O)cc1Cl. The monoisotopic (exact) mass is 271 g/mol. The van der Waals surface area contributed by atoms with Crippen molar-refractivity contribution in [3.05, 3.63) is 28.8 Å². The van der Waals surface area contributed by atoms with Crippen LogP contribution in [0.3, 0.4) is 0 Å². The number of benzene rings is 1. The first-order valence-corrected chi connectivity index (χ1v) is 6.15. The molecule has 0 amide bonds. The van der Waals surface area contributed by atoms with Gasteiger partial charge < -0.3 is 14.7 Å². The van der Waals surface area contributed by atoms with E-state index in [1.807, 2.05) is 7.05 Å². The molecule has 0 bridgehead atoms.